The fraction of sp³-hybridized carbons (Fsp3) is 0.208. The topological polar surface area (TPSA) is 95.6 Å². The molecule has 0 radical (unpaired) electrons. The number of hydrogen-bond donors (Lipinski definition) is 1. The van der Waals surface area contributed by atoms with Crippen LogP contribution in [0.1, 0.15) is 27.9 Å². The van der Waals surface area contributed by atoms with Crippen molar-refractivity contribution in [3.63, 3.8) is 0 Å². The van der Waals surface area contributed by atoms with Crippen LogP contribution in [0.3, 0.4) is 0 Å². The number of nitrogens with one attached hydrogen (secondary N) is 1. The number of nitrogens with zero attached hydrogens (tertiary/aromatic N) is 7. The first-order chi connectivity index (χ1) is 16.1. The Morgan fingerprint density at radius 3 is 2.76 bits per heavy atom. The predicted molar refractivity (Wildman–Crippen MR) is 126 cm³/mol. The van der Waals surface area contributed by atoms with Crippen LogP contribution in [-0.4, -0.2) is 31.3 Å². The van der Waals surface area contributed by atoms with Gasteiger partial charge in [-0.05, 0) is 42.3 Å². The highest BCUT2D eigenvalue weighted by Gasteiger charge is 2.23. The van der Waals surface area contributed by atoms with Gasteiger partial charge in [0.05, 0.1) is 27.7 Å². The van der Waals surface area contributed by atoms with E-state index in [-0.39, 0.29) is 0 Å². The molecule has 8 nitrogen and oxygen atoms in total. The zero-order chi connectivity index (χ0) is 22.8. The van der Waals surface area contributed by atoms with Gasteiger partial charge in [-0.1, -0.05) is 23.7 Å². The molecule has 9 heteroatoms. The van der Waals surface area contributed by atoms with Gasteiger partial charge in [0.25, 0.3) is 0 Å². The number of rotatable bonds is 5. The van der Waals surface area contributed by atoms with Gasteiger partial charge in [-0.15, -0.1) is 10.2 Å². The number of aryl methyl sites for hydroxylation is 1. The number of halogens is 1. The standard InChI is InChI=1S/C24H21ClN8/c1-16-2-5-22(18(8-16)10-26)32-7-6-21-19(12-32)24(29-13-28-21)27-11-17-3-4-20(25)23(9-17)33-14-30-31-15-33/h2-5,8-9,13-15H,6-7,11-12H2,1H3,(H,27,28,29). The van der Waals surface area contributed by atoms with Crippen molar-refractivity contribution in [1.29, 1.82) is 5.26 Å². The third kappa shape index (κ3) is 4.23. The molecule has 2 aromatic heterocycles. The van der Waals surface area contributed by atoms with Gasteiger partial charge in [-0.2, -0.15) is 5.26 Å². The van der Waals surface area contributed by atoms with Crippen LogP contribution in [-0.2, 0) is 19.5 Å². The van der Waals surface area contributed by atoms with Gasteiger partial charge >= 0.3 is 0 Å². The Hall–Kier alpha value is -3.96. The molecule has 2 aromatic carbocycles. The van der Waals surface area contributed by atoms with E-state index in [2.05, 4.69) is 36.5 Å². The highest BCUT2D eigenvalue weighted by Crippen LogP contribution is 2.30. The first-order valence-electron chi connectivity index (χ1n) is 10.6. The number of fused-ring (bicyclic) bond motifs is 1. The smallest absolute Gasteiger partial charge is 0.134 e. The lowest BCUT2D eigenvalue weighted by molar-refractivity contribution is 0.705. The lowest BCUT2D eigenvalue weighted by Crippen LogP contribution is -2.32. The van der Waals surface area contributed by atoms with Crippen LogP contribution in [0.4, 0.5) is 11.5 Å². The van der Waals surface area contributed by atoms with Crippen LogP contribution in [0, 0.1) is 18.3 Å². The molecule has 0 saturated heterocycles. The van der Waals surface area contributed by atoms with Crippen molar-refractivity contribution < 1.29 is 0 Å². The number of hydrogen-bond acceptors (Lipinski definition) is 7. The van der Waals surface area contributed by atoms with Gasteiger partial charge in [0, 0.05) is 31.6 Å². The molecular formula is C24H21ClN8. The summed E-state index contributed by atoms with van der Waals surface area (Å²) in [7, 11) is 0. The van der Waals surface area contributed by atoms with Gasteiger partial charge in [-0.3, -0.25) is 4.57 Å². The van der Waals surface area contributed by atoms with Crippen molar-refractivity contribution in [3.05, 3.63) is 88.4 Å². The summed E-state index contributed by atoms with van der Waals surface area (Å²) >= 11 is 6.36. The molecular weight excluding hydrogens is 436 g/mol. The molecule has 3 heterocycles. The first-order valence-corrected chi connectivity index (χ1v) is 11.0. The van der Waals surface area contributed by atoms with E-state index in [0.717, 1.165) is 52.5 Å². The second kappa shape index (κ2) is 8.88. The summed E-state index contributed by atoms with van der Waals surface area (Å²) in [5.41, 5.74) is 6.67. The fourth-order valence-electron chi connectivity index (χ4n) is 4.09. The Balaban J connectivity index is 1.38. The average Bonchev–Trinajstić information content (AvgIpc) is 3.38. The quantitative estimate of drug-likeness (QED) is 0.483. The molecule has 4 aromatic rings. The minimum absolute atomic E-state index is 0.573. The molecule has 1 aliphatic heterocycles. The highest BCUT2D eigenvalue weighted by atomic mass is 35.5. The van der Waals surface area contributed by atoms with Crippen molar-refractivity contribution in [2.24, 2.45) is 0 Å². The van der Waals surface area contributed by atoms with Gasteiger partial charge < -0.3 is 10.2 Å². The maximum Gasteiger partial charge on any atom is 0.134 e. The SMILES string of the molecule is Cc1ccc(N2CCc3ncnc(NCc4ccc(Cl)c(-n5cnnc5)c4)c3C2)c(C#N)c1. The molecule has 0 bridgehead atoms. The molecule has 5 rings (SSSR count). The van der Waals surface area contributed by atoms with Gasteiger partial charge in [0.1, 0.15) is 30.9 Å². The summed E-state index contributed by atoms with van der Waals surface area (Å²) in [6, 6.07) is 14.2. The molecule has 164 valence electrons. The molecule has 0 amide bonds. The predicted octanol–water partition coefficient (Wildman–Crippen LogP) is 4.07. The fourth-order valence-corrected chi connectivity index (χ4v) is 4.31. The van der Waals surface area contributed by atoms with Crippen LogP contribution in [0.5, 0.6) is 0 Å². The highest BCUT2D eigenvalue weighted by molar-refractivity contribution is 6.32. The second-order valence-electron chi connectivity index (χ2n) is 7.96. The lowest BCUT2D eigenvalue weighted by atomic mass is 10.0. The summed E-state index contributed by atoms with van der Waals surface area (Å²) < 4.78 is 1.78. The zero-order valence-electron chi connectivity index (χ0n) is 18.0. The third-order valence-electron chi connectivity index (χ3n) is 5.78. The molecule has 33 heavy (non-hydrogen) atoms. The number of nitriles is 1. The maximum absolute atomic E-state index is 9.61. The van der Waals surface area contributed by atoms with Crippen molar-refractivity contribution in [2.45, 2.75) is 26.4 Å². The van der Waals surface area contributed by atoms with Gasteiger partial charge in [0.15, 0.2) is 0 Å². The maximum atomic E-state index is 9.61. The van der Waals surface area contributed by atoms with E-state index in [0.29, 0.717) is 23.7 Å². The summed E-state index contributed by atoms with van der Waals surface area (Å²) in [6.07, 6.45) is 5.64. The third-order valence-corrected chi connectivity index (χ3v) is 6.10. The van der Waals surface area contributed by atoms with Crippen molar-refractivity contribution in [1.82, 2.24) is 24.7 Å². The minimum atomic E-state index is 0.573. The van der Waals surface area contributed by atoms with Crippen molar-refractivity contribution >= 4 is 23.1 Å². The summed E-state index contributed by atoms with van der Waals surface area (Å²) in [4.78, 5) is 11.2. The van der Waals surface area contributed by atoms with E-state index < -0.39 is 0 Å². The van der Waals surface area contributed by atoms with E-state index in [1.807, 2.05) is 43.3 Å². The van der Waals surface area contributed by atoms with Crippen molar-refractivity contribution in [3.8, 4) is 11.8 Å². The summed E-state index contributed by atoms with van der Waals surface area (Å²) in [5, 5.41) is 21.4. The van der Waals surface area contributed by atoms with E-state index in [4.69, 9.17) is 11.6 Å². The zero-order valence-corrected chi connectivity index (χ0v) is 18.8. The largest absolute Gasteiger partial charge is 0.366 e. The summed E-state index contributed by atoms with van der Waals surface area (Å²) in [6.45, 7) is 4.02. The number of anilines is 2. The Morgan fingerprint density at radius 1 is 1.09 bits per heavy atom. The van der Waals surface area contributed by atoms with Crippen LogP contribution in [0.2, 0.25) is 5.02 Å². The monoisotopic (exact) mass is 456 g/mol. The number of aromatic nitrogens is 5. The van der Waals surface area contributed by atoms with Gasteiger partial charge in [0.2, 0.25) is 0 Å². The Labute approximate surface area is 196 Å². The molecule has 0 spiro atoms. The second-order valence-corrected chi connectivity index (χ2v) is 8.37. The van der Waals surface area contributed by atoms with Crippen LogP contribution < -0.4 is 10.2 Å². The van der Waals surface area contributed by atoms with Crippen LogP contribution in [0.25, 0.3) is 5.69 Å². The van der Waals surface area contributed by atoms with E-state index >= 15 is 0 Å². The first kappa shape index (κ1) is 20.9. The van der Waals surface area contributed by atoms with Gasteiger partial charge in [-0.25, -0.2) is 9.97 Å². The normalized spacial score (nSPS) is 12.8. The molecule has 1 N–H and O–H groups in total. The van der Waals surface area contributed by atoms with Crippen LogP contribution in [0.15, 0.2) is 55.4 Å². The number of benzene rings is 2. The Morgan fingerprint density at radius 2 is 1.94 bits per heavy atom. The van der Waals surface area contributed by atoms with E-state index in [1.54, 1.807) is 23.5 Å². The average molecular weight is 457 g/mol. The Bertz CT molecular complexity index is 1340. The van der Waals surface area contributed by atoms with Crippen molar-refractivity contribution in [2.75, 3.05) is 16.8 Å². The summed E-state index contributed by atoms with van der Waals surface area (Å²) in [5.74, 6) is 0.802. The molecule has 0 fully saturated rings. The molecule has 0 saturated carbocycles. The van der Waals surface area contributed by atoms with Crippen LogP contribution >= 0.6 is 11.6 Å². The van der Waals surface area contributed by atoms with E-state index in [9.17, 15) is 5.26 Å². The lowest BCUT2D eigenvalue weighted by Gasteiger charge is -2.31. The Kier molecular flexibility index (Phi) is 5.63. The minimum Gasteiger partial charge on any atom is -0.366 e. The van der Waals surface area contributed by atoms with E-state index in [1.165, 1.54) is 0 Å². The molecule has 0 unspecified atom stereocenters. The molecule has 1 aliphatic rings. The molecule has 0 atom stereocenters. The molecule has 0 aliphatic carbocycles.